The molecule has 4 nitrogen and oxygen atoms in total. The Bertz CT molecular complexity index is 149. The maximum Gasteiger partial charge on any atom is 0.0623 e. The molecule has 0 radical (unpaired) electrons. The van der Waals surface area contributed by atoms with Crippen LogP contribution in [-0.4, -0.2) is 62.6 Å². The summed E-state index contributed by atoms with van der Waals surface area (Å²) >= 11 is 0. The molecule has 0 saturated heterocycles. The molecule has 2 atom stereocenters. The topological polar surface area (TPSA) is 44.7 Å². The van der Waals surface area contributed by atoms with Gasteiger partial charge in [-0.15, -0.1) is 0 Å². The Morgan fingerprint density at radius 2 is 2.14 bits per heavy atom. The second kappa shape index (κ2) is 6.35. The van der Waals surface area contributed by atoms with Crippen LogP contribution in [0.4, 0.5) is 0 Å². The average molecular weight is 204 g/mol. The average Bonchev–Trinajstić information content (AvgIpc) is 2.18. The Balaban J connectivity index is 4.07. The van der Waals surface area contributed by atoms with Gasteiger partial charge < -0.3 is 15.2 Å². The van der Waals surface area contributed by atoms with E-state index in [0.717, 1.165) is 6.54 Å². The first-order valence-electron chi connectivity index (χ1n) is 4.98. The summed E-state index contributed by atoms with van der Waals surface area (Å²) in [6.07, 6.45) is 0. The Kier molecular flexibility index (Phi) is 6.27. The van der Waals surface area contributed by atoms with Gasteiger partial charge in [-0.1, -0.05) is 0 Å². The maximum atomic E-state index is 9.23. The molecule has 0 rings (SSSR count). The van der Waals surface area contributed by atoms with Gasteiger partial charge in [0.15, 0.2) is 0 Å². The first-order valence-corrected chi connectivity index (χ1v) is 4.98. The summed E-state index contributed by atoms with van der Waals surface area (Å²) in [5, 5.41) is 12.3. The monoisotopic (exact) mass is 204 g/mol. The third-order valence-electron chi connectivity index (χ3n) is 2.71. The highest BCUT2D eigenvalue weighted by Gasteiger charge is 2.24. The Morgan fingerprint density at radius 1 is 1.57 bits per heavy atom. The van der Waals surface area contributed by atoms with E-state index in [2.05, 4.69) is 17.1 Å². The van der Waals surface area contributed by atoms with Gasteiger partial charge in [0.25, 0.3) is 0 Å². The van der Waals surface area contributed by atoms with Gasteiger partial charge in [0.05, 0.1) is 18.8 Å². The summed E-state index contributed by atoms with van der Waals surface area (Å²) in [5.74, 6) is 0. The van der Waals surface area contributed by atoms with E-state index in [-0.39, 0.29) is 12.1 Å². The standard InChI is InChI=1S/C10H24N2O2/c1-9(6-14-5)12(4)7-10(2,8-13)11-3/h9,11,13H,6-8H2,1-5H3. The number of aliphatic hydroxyl groups excluding tert-OH is 1. The quantitative estimate of drug-likeness (QED) is 0.609. The van der Waals surface area contributed by atoms with Crippen molar-refractivity contribution in [2.75, 3.05) is 41.0 Å². The van der Waals surface area contributed by atoms with Gasteiger partial charge in [-0.25, -0.2) is 0 Å². The number of methoxy groups -OCH3 is 1. The van der Waals surface area contributed by atoms with E-state index >= 15 is 0 Å². The molecule has 0 spiro atoms. The highest BCUT2D eigenvalue weighted by atomic mass is 16.5. The summed E-state index contributed by atoms with van der Waals surface area (Å²) in [5.41, 5.74) is -0.239. The van der Waals surface area contributed by atoms with Crippen LogP contribution in [0.5, 0.6) is 0 Å². The molecule has 0 aromatic heterocycles. The van der Waals surface area contributed by atoms with Crippen molar-refractivity contribution < 1.29 is 9.84 Å². The van der Waals surface area contributed by atoms with Gasteiger partial charge in [0.2, 0.25) is 0 Å². The minimum Gasteiger partial charge on any atom is -0.394 e. The van der Waals surface area contributed by atoms with Crippen molar-refractivity contribution >= 4 is 0 Å². The largest absolute Gasteiger partial charge is 0.394 e. The second-order valence-corrected chi connectivity index (χ2v) is 4.19. The lowest BCUT2D eigenvalue weighted by atomic mass is 10.0. The Hall–Kier alpha value is -0.160. The molecule has 0 aromatic carbocycles. The minimum absolute atomic E-state index is 0.132. The zero-order valence-electron chi connectivity index (χ0n) is 10.0. The van der Waals surface area contributed by atoms with Gasteiger partial charge in [-0.2, -0.15) is 0 Å². The van der Waals surface area contributed by atoms with E-state index in [1.807, 2.05) is 21.0 Å². The van der Waals surface area contributed by atoms with Gasteiger partial charge in [-0.05, 0) is 27.9 Å². The molecule has 0 aliphatic carbocycles. The molecule has 2 N–H and O–H groups in total. The molecular formula is C10H24N2O2. The van der Waals surface area contributed by atoms with Crippen LogP contribution in [0.1, 0.15) is 13.8 Å². The third-order valence-corrected chi connectivity index (χ3v) is 2.71. The molecular weight excluding hydrogens is 180 g/mol. The summed E-state index contributed by atoms with van der Waals surface area (Å²) in [7, 11) is 5.60. The lowest BCUT2D eigenvalue weighted by Gasteiger charge is -2.34. The van der Waals surface area contributed by atoms with Gasteiger partial charge in [-0.3, -0.25) is 4.90 Å². The molecule has 0 aliphatic rings. The van der Waals surface area contributed by atoms with Crippen molar-refractivity contribution in [1.29, 1.82) is 0 Å². The first-order chi connectivity index (χ1) is 6.49. The van der Waals surface area contributed by atoms with Crippen LogP contribution in [0, 0.1) is 0 Å². The third kappa shape index (κ3) is 4.37. The van der Waals surface area contributed by atoms with Crippen molar-refractivity contribution in [2.45, 2.75) is 25.4 Å². The van der Waals surface area contributed by atoms with E-state index in [1.165, 1.54) is 0 Å². The van der Waals surface area contributed by atoms with E-state index < -0.39 is 0 Å². The fourth-order valence-electron chi connectivity index (χ4n) is 1.28. The van der Waals surface area contributed by atoms with Crippen LogP contribution in [0.15, 0.2) is 0 Å². The SMILES string of the molecule is CNC(C)(CO)CN(C)C(C)COC. The van der Waals surface area contributed by atoms with Gasteiger partial charge in [0, 0.05) is 19.7 Å². The molecule has 0 amide bonds. The van der Waals surface area contributed by atoms with Crippen molar-refractivity contribution in [3.05, 3.63) is 0 Å². The molecule has 0 aromatic rings. The Labute approximate surface area is 87.2 Å². The molecule has 2 unspecified atom stereocenters. The van der Waals surface area contributed by atoms with Crippen LogP contribution in [0.3, 0.4) is 0 Å². The molecule has 0 bridgehead atoms. The summed E-state index contributed by atoms with van der Waals surface area (Å²) in [6, 6.07) is 0.360. The summed E-state index contributed by atoms with van der Waals surface area (Å²) in [6.45, 7) is 5.75. The second-order valence-electron chi connectivity index (χ2n) is 4.19. The number of aliphatic hydroxyl groups is 1. The molecule has 0 fully saturated rings. The molecule has 14 heavy (non-hydrogen) atoms. The number of nitrogens with one attached hydrogen (secondary N) is 1. The van der Waals surface area contributed by atoms with E-state index in [4.69, 9.17) is 4.74 Å². The highest BCUT2D eigenvalue weighted by molar-refractivity contribution is 4.85. The lowest BCUT2D eigenvalue weighted by Crippen LogP contribution is -2.53. The van der Waals surface area contributed by atoms with Gasteiger partial charge >= 0.3 is 0 Å². The predicted octanol–water partition coefficient (Wildman–Crippen LogP) is -0.0765. The smallest absolute Gasteiger partial charge is 0.0623 e. The van der Waals surface area contributed by atoms with Crippen molar-refractivity contribution in [2.24, 2.45) is 0 Å². The van der Waals surface area contributed by atoms with E-state index in [9.17, 15) is 5.11 Å². The lowest BCUT2D eigenvalue weighted by molar-refractivity contribution is 0.0789. The molecule has 0 saturated carbocycles. The Morgan fingerprint density at radius 3 is 2.50 bits per heavy atom. The van der Waals surface area contributed by atoms with Crippen molar-refractivity contribution in [3.8, 4) is 0 Å². The van der Waals surface area contributed by atoms with Crippen LogP contribution in [-0.2, 0) is 4.74 Å². The van der Waals surface area contributed by atoms with Crippen LogP contribution < -0.4 is 5.32 Å². The fraction of sp³-hybridized carbons (Fsp3) is 1.00. The number of rotatable bonds is 7. The summed E-state index contributed by atoms with van der Waals surface area (Å²) < 4.78 is 5.08. The van der Waals surface area contributed by atoms with Crippen molar-refractivity contribution in [1.82, 2.24) is 10.2 Å². The maximum absolute atomic E-state index is 9.23. The van der Waals surface area contributed by atoms with Crippen molar-refractivity contribution in [3.63, 3.8) is 0 Å². The number of nitrogens with zero attached hydrogens (tertiary/aromatic N) is 1. The van der Waals surface area contributed by atoms with Crippen LogP contribution in [0.25, 0.3) is 0 Å². The molecule has 0 heterocycles. The predicted molar refractivity (Wildman–Crippen MR) is 58.5 cm³/mol. The molecule has 86 valence electrons. The highest BCUT2D eigenvalue weighted by Crippen LogP contribution is 2.06. The van der Waals surface area contributed by atoms with E-state index in [0.29, 0.717) is 12.6 Å². The van der Waals surface area contributed by atoms with Crippen LogP contribution >= 0.6 is 0 Å². The van der Waals surface area contributed by atoms with Crippen LogP contribution in [0.2, 0.25) is 0 Å². The van der Waals surface area contributed by atoms with Gasteiger partial charge in [0.1, 0.15) is 0 Å². The zero-order chi connectivity index (χ0) is 11.2. The van der Waals surface area contributed by atoms with E-state index in [1.54, 1.807) is 7.11 Å². The number of ether oxygens (including phenoxy) is 1. The minimum atomic E-state index is -0.239. The number of hydrogen-bond acceptors (Lipinski definition) is 4. The number of likely N-dealkylation sites (N-methyl/N-ethyl adjacent to an activating group) is 2. The zero-order valence-corrected chi connectivity index (χ0v) is 10.0. The fourth-order valence-corrected chi connectivity index (χ4v) is 1.28. The molecule has 4 heteroatoms. The first kappa shape index (κ1) is 13.8. The molecule has 0 aliphatic heterocycles. The number of hydrogen-bond donors (Lipinski definition) is 2. The normalized spacial score (nSPS) is 18.2. The summed E-state index contributed by atoms with van der Waals surface area (Å²) in [4.78, 5) is 2.18.